The Bertz CT molecular complexity index is 965. The van der Waals surface area contributed by atoms with Crippen molar-refractivity contribution in [1.29, 1.82) is 0 Å². The third kappa shape index (κ3) is 6.13. The van der Waals surface area contributed by atoms with Crippen molar-refractivity contribution in [3.05, 3.63) is 59.9 Å². The molecule has 7 heteroatoms. The molecular formula is C27H35FN4OS. The van der Waals surface area contributed by atoms with Crippen LogP contribution < -0.4 is 10.6 Å². The minimum Gasteiger partial charge on any atom is -0.346 e. The zero-order chi connectivity index (χ0) is 24.1. The fourth-order valence-corrected chi connectivity index (χ4v) is 5.36. The van der Waals surface area contributed by atoms with E-state index in [0.29, 0.717) is 16.9 Å². The Kier molecular flexibility index (Phi) is 8.16. The number of hydrogen-bond donors (Lipinski definition) is 2. The second kappa shape index (κ2) is 11.3. The van der Waals surface area contributed by atoms with Gasteiger partial charge in [0, 0.05) is 37.6 Å². The highest BCUT2D eigenvalue weighted by atomic mass is 32.1. The van der Waals surface area contributed by atoms with Gasteiger partial charge in [-0.05, 0) is 78.9 Å². The predicted octanol–water partition coefficient (Wildman–Crippen LogP) is 5.46. The van der Waals surface area contributed by atoms with Gasteiger partial charge in [0.25, 0.3) is 0 Å². The van der Waals surface area contributed by atoms with Crippen molar-refractivity contribution in [3.63, 3.8) is 0 Å². The van der Waals surface area contributed by atoms with E-state index in [1.807, 2.05) is 12.1 Å². The molecule has 2 aliphatic rings. The normalized spacial score (nSPS) is 18.2. The molecule has 1 atom stereocenters. The molecule has 0 aromatic heterocycles. The van der Waals surface area contributed by atoms with Gasteiger partial charge in [0.15, 0.2) is 5.11 Å². The molecule has 1 heterocycles. The van der Waals surface area contributed by atoms with Crippen LogP contribution in [-0.4, -0.2) is 53.0 Å². The molecule has 1 aliphatic heterocycles. The highest BCUT2D eigenvalue weighted by Gasteiger charge is 2.37. The number of halogens is 1. The Morgan fingerprint density at radius 2 is 1.47 bits per heavy atom. The number of nitrogens with zero attached hydrogens (tertiary/aromatic N) is 2. The molecule has 0 bridgehead atoms. The van der Waals surface area contributed by atoms with E-state index in [0.717, 1.165) is 50.4 Å². The molecule has 0 spiro atoms. The number of nitrogens with one attached hydrogen (secondary N) is 2. The van der Waals surface area contributed by atoms with Crippen molar-refractivity contribution in [1.82, 2.24) is 9.80 Å². The molecule has 0 radical (unpaired) electrons. The lowest BCUT2D eigenvalue weighted by Gasteiger charge is -2.41. The van der Waals surface area contributed by atoms with Gasteiger partial charge < -0.3 is 15.5 Å². The van der Waals surface area contributed by atoms with Crippen LogP contribution in [0.25, 0.3) is 0 Å². The lowest BCUT2D eigenvalue weighted by Crippen LogP contribution is -2.57. The summed E-state index contributed by atoms with van der Waals surface area (Å²) in [6.07, 6.45) is 4.61. The molecule has 4 rings (SSSR count). The van der Waals surface area contributed by atoms with Crippen LogP contribution in [0.2, 0.25) is 0 Å². The van der Waals surface area contributed by atoms with Crippen LogP contribution in [0.3, 0.4) is 0 Å². The van der Waals surface area contributed by atoms with Crippen LogP contribution >= 0.6 is 12.2 Å². The Labute approximate surface area is 207 Å². The number of amides is 1. The van der Waals surface area contributed by atoms with Crippen molar-refractivity contribution >= 4 is 34.6 Å². The third-order valence-electron chi connectivity index (χ3n) is 7.05. The smallest absolute Gasteiger partial charge is 0.242 e. The maximum absolute atomic E-state index is 13.5. The molecule has 0 unspecified atom stereocenters. The van der Waals surface area contributed by atoms with Gasteiger partial charge in [0.05, 0.1) is 6.04 Å². The molecule has 5 nitrogen and oxygen atoms in total. The number of rotatable bonds is 6. The quantitative estimate of drug-likeness (QED) is 0.536. The van der Waals surface area contributed by atoms with Gasteiger partial charge in [0.2, 0.25) is 5.91 Å². The van der Waals surface area contributed by atoms with Crippen LogP contribution in [0, 0.1) is 11.7 Å². The lowest BCUT2D eigenvalue weighted by molar-refractivity contribution is -0.123. The van der Waals surface area contributed by atoms with Crippen molar-refractivity contribution in [2.45, 2.75) is 51.5 Å². The van der Waals surface area contributed by atoms with Crippen molar-refractivity contribution in [3.8, 4) is 0 Å². The molecular weight excluding hydrogens is 447 g/mol. The van der Waals surface area contributed by atoms with Gasteiger partial charge in [-0.1, -0.05) is 38.8 Å². The summed E-state index contributed by atoms with van der Waals surface area (Å²) < 4.78 is 13.2. The monoisotopic (exact) mass is 482 g/mol. The van der Waals surface area contributed by atoms with Gasteiger partial charge in [-0.2, -0.15) is 0 Å². The fourth-order valence-electron chi connectivity index (χ4n) is 5.06. The first-order chi connectivity index (χ1) is 16.4. The summed E-state index contributed by atoms with van der Waals surface area (Å²) in [4.78, 5) is 17.9. The zero-order valence-electron chi connectivity index (χ0n) is 20.1. The van der Waals surface area contributed by atoms with Gasteiger partial charge in [-0.15, -0.1) is 0 Å². The van der Waals surface area contributed by atoms with E-state index in [-0.39, 0.29) is 17.8 Å². The van der Waals surface area contributed by atoms with Gasteiger partial charge >= 0.3 is 0 Å². The second-order valence-electron chi connectivity index (χ2n) is 9.72. The molecule has 1 amide bonds. The molecule has 1 saturated heterocycles. The Morgan fingerprint density at radius 1 is 0.912 bits per heavy atom. The molecule has 34 heavy (non-hydrogen) atoms. The van der Waals surface area contributed by atoms with E-state index in [1.165, 1.54) is 30.5 Å². The van der Waals surface area contributed by atoms with Crippen LogP contribution in [0.1, 0.15) is 51.0 Å². The lowest BCUT2D eigenvalue weighted by atomic mass is 9.94. The van der Waals surface area contributed by atoms with Crippen molar-refractivity contribution < 1.29 is 9.18 Å². The Morgan fingerprint density at radius 3 is 2.06 bits per heavy atom. The van der Waals surface area contributed by atoms with E-state index in [1.54, 1.807) is 12.1 Å². The summed E-state index contributed by atoms with van der Waals surface area (Å²) >= 11 is 5.59. The topological polar surface area (TPSA) is 47.6 Å². The van der Waals surface area contributed by atoms with Crippen LogP contribution in [0.15, 0.2) is 48.5 Å². The van der Waals surface area contributed by atoms with Gasteiger partial charge in [0.1, 0.15) is 5.82 Å². The molecule has 1 saturated carbocycles. The summed E-state index contributed by atoms with van der Waals surface area (Å²) in [5, 5.41) is 7.03. The summed E-state index contributed by atoms with van der Waals surface area (Å²) in [5.74, 6) is 0.698. The first-order valence-corrected chi connectivity index (χ1v) is 12.8. The number of thiocarbonyl (C=S) groups is 1. The number of hydrogen-bond acceptors (Lipinski definition) is 3. The highest BCUT2D eigenvalue weighted by molar-refractivity contribution is 7.80. The predicted molar refractivity (Wildman–Crippen MR) is 141 cm³/mol. The van der Waals surface area contributed by atoms with Gasteiger partial charge in [-0.25, -0.2) is 4.39 Å². The maximum Gasteiger partial charge on any atom is 0.242 e. The maximum atomic E-state index is 13.5. The second-order valence-corrected chi connectivity index (χ2v) is 10.1. The molecule has 2 N–H and O–H groups in total. The largest absolute Gasteiger partial charge is 0.346 e. The summed E-state index contributed by atoms with van der Waals surface area (Å²) in [6.45, 7) is 7.42. The SMILES string of the molecule is CC(C)c1ccc(NC(=O)[C@H](C2CCCC2)N2CCN(C(=S)Nc3ccc(F)cc3)CC2)cc1. The van der Waals surface area contributed by atoms with Crippen LogP contribution in [-0.2, 0) is 4.79 Å². The minimum absolute atomic E-state index is 0.102. The first-order valence-electron chi connectivity index (χ1n) is 12.4. The summed E-state index contributed by atoms with van der Waals surface area (Å²) in [5.41, 5.74) is 2.91. The van der Waals surface area contributed by atoms with E-state index in [9.17, 15) is 9.18 Å². The third-order valence-corrected chi connectivity index (χ3v) is 7.41. The number of piperazine rings is 1. The van der Waals surface area contributed by atoms with E-state index in [4.69, 9.17) is 12.2 Å². The van der Waals surface area contributed by atoms with Crippen molar-refractivity contribution in [2.75, 3.05) is 36.8 Å². The Balaban J connectivity index is 1.37. The number of benzene rings is 2. The minimum atomic E-state index is -0.267. The number of anilines is 2. The molecule has 2 fully saturated rings. The zero-order valence-corrected chi connectivity index (χ0v) is 20.9. The fraction of sp³-hybridized carbons (Fsp3) is 0.481. The number of carbonyl (C=O) groups excluding carboxylic acids is 1. The average Bonchev–Trinajstić information content (AvgIpc) is 3.36. The van der Waals surface area contributed by atoms with E-state index in [2.05, 4.69) is 46.4 Å². The van der Waals surface area contributed by atoms with Crippen LogP contribution in [0.4, 0.5) is 15.8 Å². The average molecular weight is 483 g/mol. The highest BCUT2D eigenvalue weighted by Crippen LogP contribution is 2.32. The molecule has 182 valence electrons. The molecule has 2 aromatic carbocycles. The number of carbonyl (C=O) groups is 1. The van der Waals surface area contributed by atoms with Crippen LogP contribution in [0.5, 0.6) is 0 Å². The Hall–Kier alpha value is -2.51. The van der Waals surface area contributed by atoms with Gasteiger partial charge in [-0.3, -0.25) is 9.69 Å². The first kappa shape index (κ1) is 24.6. The standard InChI is InChI=1S/C27H35FN4OS/c1-19(2)20-7-11-23(12-8-20)29-26(33)25(21-5-3-4-6-21)31-15-17-32(18-16-31)27(34)30-24-13-9-22(28)10-14-24/h7-14,19,21,25H,3-6,15-18H2,1-2H3,(H,29,33)(H,30,34)/t25-/m0/s1. The van der Waals surface area contributed by atoms with E-state index >= 15 is 0 Å². The summed E-state index contributed by atoms with van der Waals surface area (Å²) in [7, 11) is 0. The van der Waals surface area contributed by atoms with Crippen molar-refractivity contribution in [2.24, 2.45) is 5.92 Å². The van der Waals surface area contributed by atoms with E-state index < -0.39 is 0 Å². The molecule has 2 aromatic rings. The summed E-state index contributed by atoms with van der Waals surface area (Å²) in [6, 6.07) is 14.3. The molecule has 1 aliphatic carbocycles.